The largest absolute Gasteiger partial charge is 0.431 e. The number of rotatable bonds is 0. The van der Waals surface area contributed by atoms with Crippen LogP contribution in [0, 0.1) is 58.7 Å². The molecule has 10 aromatic heterocycles. The lowest BCUT2D eigenvalue weighted by atomic mass is 10.0. The first-order valence-electron chi connectivity index (χ1n) is 42.0. The van der Waals surface area contributed by atoms with Gasteiger partial charge >= 0.3 is 0 Å². The van der Waals surface area contributed by atoms with Crippen molar-refractivity contribution in [2.75, 3.05) is 0 Å². The van der Waals surface area contributed by atoms with Crippen molar-refractivity contribution in [3.05, 3.63) is 190 Å². The lowest BCUT2D eigenvalue weighted by molar-refractivity contribution is 0.393. The second-order valence-electron chi connectivity index (χ2n) is 26.0. The molecule has 0 aliphatic carbocycles. The second kappa shape index (κ2) is 187. The van der Waals surface area contributed by atoms with Crippen LogP contribution in [-0.4, -0.2) is 84.9 Å². The Kier molecular flexibility index (Phi) is 259. The number of hydrogen-bond acceptors (Lipinski definition) is 23. The molecule has 0 saturated heterocycles. The maximum Gasteiger partial charge on any atom is 0.213 e. The maximum absolute atomic E-state index is 4.36. The fraction of sp³-hybridized carbons (Fsp3) is 0.663. The van der Waals surface area contributed by atoms with E-state index in [1.165, 1.54) is 73.6 Å². The lowest BCUT2D eigenvalue weighted by Crippen LogP contribution is -1.93. The van der Waals surface area contributed by atoms with E-state index in [9.17, 15) is 0 Å². The topological polar surface area (TPSA) is 272 Å². The van der Waals surface area contributed by atoms with Crippen molar-refractivity contribution in [2.24, 2.45) is 58.7 Å². The Morgan fingerprint density at radius 2 is 0.565 bits per heavy atom. The molecule has 0 aromatic carbocycles. The molecule has 0 unspecified atom stereocenters. The fourth-order valence-electron chi connectivity index (χ4n) is 1.97. The third-order valence-electron chi connectivity index (χ3n) is 3.83. The van der Waals surface area contributed by atoms with Gasteiger partial charge in [-0.05, 0) is 124 Å². The summed E-state index contributed by atoms with van der Waals surface area (Å²) in [5, 5.41) is 33.9. The number of pyridine rings is 1. The molecule has 0 fully saturated rings. The van der Waals surface area contributed by atoms with Gasteiger partial charge in [0.05, 0.1) is 18.6 Å². The molecule has 10 heterocycles. The zero-order valence-electron chi connectivity index (χ0n) is 84.6. The smallest absolute Gasteiger partial charge is 0.213 e. The summed E-state index contributed by atoms with van der Waals surface area (Å²) >= 11 is 2.81. The van der Waals surface area contributed by atoms with Crippen LogP contribution in [0.25, 0.3) is 0 Å². The highest BCUT2D eigenvalue weighted by Crippen LogP contribution is 2.08. The third kappa shape index (κ3) is 540. The number of aromatic nitrogens is 17. The molecular weight excluding hydrogens is 1470 g/mol. The monoisotopic (exact) mass is 1660 g/mol. The summed E-state index contributed by atoms with van der Waals surface area (Å²) in [6, 6.07) is 14.8. The van der Waals surface area contributed by atoms with Crippen LogP contribution in [0.4, 0.5) is 0 Å². The highest BCUT2D eigenvalue weighted by molar-refractivity contribution is 7.03. The summed E-state index contributed by atoms with van der Waals surface area (Å²) in [5.74, 6) is 7.50. The highest BCUT2D eigenvalue weighted by Gasteiger charge is 1.95. The van der Waals surface area contributed by atoms with Gasteiger partial charge in [0, 0.05) is 84.2 Å². The van der Waals surface area contributed by atoms with Gasteiger partial charge in [-0.1, -0.05) is 374 Å². The summed E-state index contributed by atoms with van der Waals surface area (Å²) < 4.78 is 24.4. The molecule has 0 spiro atoms. The minimum Gasteiger partial charge on any atom is -0.431 e. The van der Waals surface area contributed by atoms with E-state index in [1.807, 2.05) is 186 Å². The summed E-state index contributed by atoms with van der Waals surface area (Å²) in [5.41, 5.74) is 0.500. The molecule has 0 aliphatic heterocycles. The molecule has 21 nitrogen and oxygen atoms in total. The molecule has 0 radical (unpaired) electrons. The van der Waals surface area contributed by atoms with E-state index in [0.29, 0.717) is 5.41 Å². The molecule has 0 atom stereocenters. The molecule has 115 heavy (non-hydrogen) atoms. The molecule has 682 valence electrons. The average Bonchev–Trinajstić information content (AvgIpc) is 2.11. The predicted octanol–water partition coefficient (Wildman–Crippen LogP) is 32.4. The molecule has 0 bridgehead atoms. The quantitative estimate of drug-likeness (QED) is 0.136. The summed E-state index contributed by atoms with van der Waals surface area (Å²) in [4.78, 5) is 22.0. The standard InChI is InChI=1S/C5H5N.C5H12.3C4H4N2.9C4H10.C3H3NO.C3H3NS.3C2H2N2O.C2H2N2S.10C2H6/c1-2-4-6-5-3-1;1-5(2,3)4;1-2-6-4-3-5-1;1-2-5-4-6-3-1;1-2-4-6-5-3-1;9*1-4(2)3;2*1-2-4-5-3-1;1-3-4-2-5-1;1-3-2-5-4-1;2*1-2-5-4-3-1;10*1-2/h1-5H;1-4H3;3*1-4H;9*4H,1-3H3;2*1-3H;4*1-2H;10*1-2H3. The van der Waals surface area contributed by atoms with E-state index < -0.39 is 0 Å². The van der Waals surface area contributed by atoms with Crippen LogP contribution in [0.15, 0.2) is 208 Å². The van der Waals surface area contributed by atoms with E-state index in [1.54, 1.807) is 92.7 Å². The van der Waals surface area contributed by atoms with Gasteiger partial charge in [-0.15, -0.1) is 20.4 Å². The van der Waals surface area contributed by atoms with E-state index in [0.717, 1.165) is 53.3 Å². The predicted molar refractivity (Wildman–Crippen MR) is 515 cm³/mol. The molecule has 10 rings (SSSR count). The Morgan fingerprint density at radius 3 is 0.652 bits per heavy atom. The van der Waals surface area contributed by atoms with Crippen molar-refractivity contribution >= 4 is 23.1 Å². The Balaban J connectivity index is -0.0000000454. The first-order valence-corrected chi connectivity index (χ1v) is 43.7. The van der Waals surface area contributed by atoms with E-state index in [-0.39, 0.29) is 0 Å². The summed E-state index contributed by atoms with van der Waals surface area (Å²) in [6.07, 6.45) is 32.7. The molecule has 10 aromatic rings. The normalized spacial score (nSPS) is 7.62. The van der Waals surface area contributed by atoms with Crippen molar-refractivity contribution in [1.82, 2.24) is 84.9 Å². The Morgan fingerprint density at radius 1 is 0.235 bits per heavy atom. The van der Waals surface area contributed by atoms with E-state index >= 15 is 0 Å². The molecule has 0 saturated carbocycles. The van der Waals surface area contributed by atoms with Crippen molar-refractivity contribution in [3.63, 3.8) is 0 Å². The minimum atomic E-state index is 0.500. The van der Waals surface area contributed by atoms with Gasteiger partial charge in [-0.25, -0.2) is 19.3 Å². The Hall–Kier alpha value is -7.79. The Labute approximate surface area is 724 Å². The second-order valence-corrected chi connectivity index (χ2v) is 27.4. The molecular formula is C92H193N17O4S2. The van der Waals surface area contributed by atoms with Crippen molar-refractivity contribution in [2.45, 2.75) is 353 Å². The zero-order valence-corrected chi connectivity index (χ0v) is 86.3. The number of hydrogen-bond donors (Lipinski definition) is 0. The van der Waals surface area contributed by atoms with Crippen LogP contribution in [0.5, 0.6) is 0 Å². The maximum atomic E-state index is 4.36. The van der Waals surface area contributed by atoms with Crippen LogP contribution in [0.1, 0.15) is 353 Å². The van der Waals surface area contributed by atoms with Gasteiger partial charge in [0.15, 0.2) is 6.33 Å². The van der Waals surface area contributed by atoms with Gasteiger partial charge in [-0.2, -0.15) is 10.2 Å². The Bertz CT molecular complexity index is 1780. The highest BCUT2D eigenvalue weighted by atomic mass is 32.1. The van der Waals surface area contributed by atoms with Crippen molar-refractivity contribution < 1.29 is 18.0 Å². The summed E-state index contributed by atoms with van der Waals surface area (Å²) in [7, 11) is 0. The van der Waals surface area contributed by atoms with Crippen molar-refractivity contribution in [1.29, 1.82) is 0 Å². The SMILES string of the molecule is CC.CC.CC.CC.CC.CC.CC.CC.CC.CC.CC(C)(C)C.CC(C)C.CC(C)C.CC(C)C.CC(C)C.CC(C)C.CC(C)C.CC(C)C.CC(C)C.CC(C)C.c1ccncc1.c1ccnnc1.c1cnccn1.c1cncnc1.c1cnoc1.c1cnsc1.c1conn1.c1csnn1.c1ncon1.c1nnco1. The summed E-state index contributed by atoms with van der Waals surface area (Å²) in [6.45, 7) is 107. The van der Waals surface area contributed by atoms with Crippen LogP contribution >= 0.6 is 23.1 Å². The molecule has 0 amide bonds. The van der Waals surface area contributed by atoms with Gasteiger partial charge in [0.2, 0.25) is 19.2 Å². The van der Waals surface area contributed by atoms with Crippen LogP contribution in [-0.2, 0) is 0 Å². The molecule has 0 N–H and O–H groups in total. The van der Waals surface area contributed by atoms with Gasteiger partial charge in [0.25, 0.3) is 0 Å². The van der Waals surface area contributed by atoms with Crippen LogP contribution in [0.3, 0.4) is 0 Å². The zero-order chi connectivity index (χ0) is 94.9. The fourth-order valence-corrected chi connectivity index (χ4v) is 2.59. The first-order chi connectivity index (χ1) is 54.6. The average molecular weight is 1670 g/mol. The van der Waals surface area contributed by atoms with Gasteiger partial charge in [0.1, 0.15) is 18.9 Å². The molecule has 23 heteroatoms. The van der Waals surface area contributed by atoms with Gasteiger partial charge < -0.3 is 18.0 Å². The van der Waals surface area contributed by atoms with E-state index in [4.69, 9.17) is 0 Å². The number of nitrogens with zero attached hydrogens (tertiary/aromatic N) is 17. The van der Waals surface area contributed by atoms with Gasteiger partial charge in [-0.3, -0.25) is 15.0 Å². The van der Waals surface area contributed by atoms with E-state index in [2.05, 4.69) is 318 Å². The minimum absolute atomic E-state index is 0.500. The first kappa shape index (κ1) is 159. The third-order valence-corrected chi connectivity index (χ3v) is 4.78. The lowest BCUT2D eigenvalue weighted by Gasteiger charge is -2.05. The molecule has 0 aliphatic rings. The van der Waals surface area contributed by atoms with Crippen LogP contribution < -0.4 is 0 Å². The van der Waals surface area contributed by atoms with Crippen LogP contribution in [0.2, 0.25) is 0 Å². The van der Waals surface area contributed by atoms with Crippen molar-refractivity contribution in [3.8, 4) is 0 Å².